The second-order valence-corrected chi connectivity index (χ2v) is 10.1. The highest BCUT2D eigenvalue weighted by Gasteiger charge is 2.28. The molecule has 0 aromatic rings. The first-order chi connectivity index (χ1) is 12.2. The van der Waals surface area contributed by atoms with E-state index in [4.69, 9.17) is 5.11 Å². The molecular weight excluding hydrogens is 336 g/mol. The first-order valence-corrected chi connectivity index (χ1v) is 10.7. The van der Waals surface area contributed by atoms with E-state index in [9.17, 15) is 9.59 Å². The third-order valence-corrected chi connectivity index (χ3v) is 5.10. The van der Waals surface area contributed by atoms with Crippen LogP contribution in [0.5, 0.6) is 0 Å². The number of Topliss-reactive ketones (excluding diaryl/α,β-unsaturated/α-hetero) is 2. The number of carbonyl (C=O) groups excluding carboxylic acids is 2. The molecule has 3 heteroatoms. The van der Waals surface area contributed by atoms with Crippen LogP contribution < -0.4 is 0 Å². The standard InChI is InChI=1S/C10H18O.C10H16O.C4H10O/c2*1-7(2)9-5-4-8(3)6-10(9)11;1-4(2,3)5/h7-9H,4-6H2,1-3H3;8H,4-6H2,1-3H3;5H,1-3H3. The van der Waals surface area contributed by atoms with Gasteiger partial charge < -0.3 is 5.11 Å². The van der Waals surface area contributed by atoms with Gasteiger partial charge in [0.25, 0.3) is 0 Å². The largest absolute Gasteiger partial charge is 0.391 e. The second kappa shape index (κ2) is 11.8. The Hall–Kier alpha value is -0.960. The van der Waals surface area contributed by atoms with Gasteiger partial charge in [-0.15, -0.1) is 0 Å². The summed E-state index contributed by atoms with van der Waals surface area (Å²) in [6, 6.07) is 0. The molecule has 27 heavy (non-hydrogen) atoms. The third-order valence-electron chi connectivity index (χ3n) is 5.10. The molecule has 0 saturated heterocycles. The first-order valence-electron chi connectivity index (χ1n) is 10.7. The quantitative estimate of drug-likeness (QED) is 0.556. The van der Waals surface area contributed by atoms with Gasteiger partial charge in [-0.3, -0.25) is 9.59 Å². The maximum atomic E-state index is 11.4. The van der Waals surface area contributed by atoms with Crippen molar-refractivity contribution in [2.45, 2.75) is 106 Å². The van der Waals surface area contributed by atoms with Crippen molar-refractivity contribution in [2.75, 3.05) is 0 Å². The van der Waals surface area contributed by atoms with E-state index >= 15 is 0 Å². The van der Waals surface area contributed by atoms with E-state index in [-0.39, 0.29) is 0 Å². The van der Waals surface area contributed by atoms with Gasteiger partial charge in [0, 0.05) is 18.8 Å². The molecule has 0 aromatic heterocycles. The molecule has 0 radical (unpaired) electrons. The van der Waals surface area contributed by atoms with Crippen LogP contribution in [0.1, 0.15) is 101 Å². The monoisotopic (exact) mass is 380 g/mol. The lowest BCUT2D eigenvalue weighted by Gasteiger charge is -2.27. The number of hydrogen-bond donors (Lipinski definition) is 1. The molecule has 1 N–H and O–H groups in total. The molecule has 0 aromatic carbocycles. The summed E-state index contributed by atoms with van der Waals surface area (Å²) in [6.07, 6.45) is 6.14. The van der Waals surface area contributed by atoms with Gasteiger partial charge in [-0.1, -0.05) is 33.3 Å². The minimum Gasteiger partial charge on any atom is -0.391 e. The van der Waals surface area contributed by atoms with E-state index < -0.39 is 5.60 Å². The number of carbonyl (C=O) groups is 2. The fourth-order valence-electron chi connectivity index (χ4n) is 3.53. The van der Waals surface area contributed by atoms with Gasteiger partial charge in [-0.25, -0.2) is 0 Å². The molecule has 0 aliphatic heterocycles. The smallest absolute Gasteiger partial charge is 0.159 e. The maximum absolute atomic E-state index is 11.4. The molecular formula is C24H44O3. The zero-order chi connectivity index (χ0) is 21.4. The van der Waals surface area contributed by atoms with E-state index in [1.54, 1.807) is 20.8 Å². The molecule has 0 heterocycles. The van der Waals surface area contributed by atoms with Gasteiger partial charge in [-0.2, -0.15) is 0 Å². The van der Waals surface area contributed by atoms with Crippen LogP contribution in [0.25, 0.3) is 0 Å². The molecule has 2 aliphatic rings. The van der Waals surface area contributed by atoms with Crippen molar-refractivity contribution in [2.24, 2.45) is 23.7 Å². The highest BCUT2D eigenvalue weighted by Crippen LogP contribution is 2.30. The summed E-state index contributed by atoms with van der Waals surface area (Å²) in [5.74, 6) is 3.03. The van der Waals surface area contributed by atoms with Gasteiger partial charge in [0.1, 0.15) is 5.78 Å². The van der Waals surface area contributed by atoms with Crippen LogP contribution in [0.15, 0.2) is 11.1 Å². The van der Waals surface area contributed by atoms with E-state index in [1.165, 1.54) is 18.4 Å². The van der Waals surface area contributed by atoms with Crippen LogP contribution in [0.2, 0.25) is 0 Å². The number of hydrogen-bond acceptors (Lipinski definition) is 3. The molecule has 0 amide bonds. The fraction of sp³-hybridized carbons (Fsp3) is 0.833. The average Bonchev–Trinajstić information content (AvgIpc) is 2.45. The molecule has 2 aliphatic carbocycles. The van der Waals surface area contributed by atoms with Gasteiger partial charge in [0.05, 0.1) is 5.60 Å². The van der Waals surface area contributed by atoms with Crippen LogP contribution in [-0.4, -0.2) is 22.3 Å². The zero-order valence-corrected chi connectivity index (χ0v) is 19.3. The van der Waals surface area contributed by atoms with Crippen molar-refractivity contribution in [3.63, 3.8) is 0 Å². The van der Waals surface area contributed by atoms with Crippen LogP contribution in [0.4, 0.5) is 0 Å². The highest BCUT2D eigenvalue weighted by atomic mass is 16.3. The minimum absolute atomic E-state index is 0.367. The Labute approximate surface area is 168 Å². The molecule has 2 fully saturated rings. The molecule has 0 bridgehead atoms. The predicted octanol–water partition coefficient (Wildman–Crippen LogP) is 6.14. The van der Waals surface area contributed by atoms with Crippen molar-refractivity contribution in [3.05, 3.63) is 11.1 Å². The molecule has 158 valence electrons. The predicted molar refractivity (Wildman–Crippen MR) is 115 cm³/mol. The van der Waals surface area contributed by atoms with Gasteiger partial charge in [-0.05, 0) is 83.6 Å². The summed E-state index contributed by atoms with van der Waals surface area (Å²) in [7, 11) is 0. The van der Waals surface area contributed by atoms with Crippen molar-refractivity contribution in [3.8, 4) is 0 Å². The van der Waals surface area contributed by atoms with E-state index in [0.717, 1.165) is 31.3 Å². The molecule has 3 unspecified atom stereocenters. The van der Waals surface area contributed by atoms with Crippen LogP contribution in [0, 0.1) is 23.7 Å². The molecule has 0 spiro atoms. The van der Waals surface area contributed by atoms with E-state index in [1.807, 2.05) is 13.8 Å². The first kappa shape index (κ1) is 26.0. The number of aliphatic hydroxyl groups is 1. The number of allylic oxidation sites excluding steroid dienone is 2. The third kappa shape index (κ3) is 12.2. The second-order valence-electron chi connectivity index (χ2n) is 10.1. The maximum Gasteiger partial charge on any atom is 0.159 e. The fourth-order valence-corrected chi connectivity index (χ4v) is 3.53. The summed E-state index contributed by atoms with van der Waals surface area (Å²) in [5, 5.41) is 8.52. The molecule has 2 saturated carbocycles. The Kier molecular flexibility index (Phi) is 11.4. The topological polar surface area (TPSA) is 54.4 Å². The van der Waals surface area contributed by atoms with E-state index in [0.29, 0.717) is 35.2 Å². The SMILES string of the molecule is CC(C)(C)O.CC(C)=C1CCC(C)CC1=O.CC1CCC(C(C)C)C(=O)C1. The summed E-state index contributed by atoms with van der Waals surface area (Å²) < 4.78 is 0. The van der Waals surface area contributed by atoms with E-state index in [2.05, 4.69) is 27.7 Å². The molecule has 3 nitrogen and oxygen atoms in total. The van der Waals surface area contributed by atoms with Crippen LogP contribution in [-0.2, 0) is 9.59 Å². The van der Waals surface area contributed by atoms with Gasteiger partial charge in [0.15, 0.2) is 5.78 Å². The lowest BCUT2D eigenvalue weighted by Crippen LogP contribution is -2.27. The Balaban J connectivity index is 0.000000405. The number of ketones is 2. The lowest BCUT2D eigenvalue weighted by molar-refractivity contribution is -0.127. The highest BCUT2D eigenvalue weighted by molar-refractivity contribution is 5.96. The van der Waals surface area contributed by atoms with Crippen molar-refractivity contribution < 1.29 is 14.7 Å². The summed E-state index contributed by atoms with van der Waals surface area (Å²) >= 11 is 0. The van der Waals surface area contributed by atoms with Crippen LogP contribution in [0.3, 0.4) is 0 Å². The zero-order valence-electron chi connectivity index (χ0n) is 19.3. The Morgan fingerprint density at radius 3 is 1.81 bits per heavy atom. The van der Waals surface area contributed by atoms with Crippen LogP contribution >= 0.6 is 0 Å². The minimum atomic E-state index is -0.500. The Morgan fingerprint density at radius 1 is 0.963 bits per heavy atom. The van der Waals surface area contributed by atoms with Gasteiger partial charge in [0.2, 0.25) is 0 Å². The van der Waals surface area contributed by atoms with Crippen molar-refractivity contribution >= 4 is 11.6 Å². The van der Waals surface area contributed by atoms with Crippen molar-refractivity contribution in [1.82, 2.24) is 0 Å². The Morgan fingerprint density at radius 2 is 1.44 bits per heavy atom. The summed E-state index contributed by atoms with van der Waals surface area (Å²) in [4.78, 5) is 22.8. The summed E-state index contributed by atoms with van der Waals surface area (Å²) in [5.41, 5.74) is 1.80. The lowest BCUT2D eigenvalue weighted by atomic mass is 9.77. The van der Waals surface area contributed by atoms with Gasteiger partial charge >= 0.3 is 0 Å². The number of rotatable bonds is 1. The summed E-state index contributed by atoms with van der Waals surface area (Å²) in [6.45, 7) is 17.9. The Bertz CT molecular complexity index is 498. The molecule has 2 rings (SSSR count). The normalized spacial score (nSPS) is 26.0. The van der Waals surface area contributed by atoms with Crippen molar-refractivity contribution in [1.29, 1.82) is 0 Å². The molecule has 3 atom stereocenters. The average molecular weight is 381 g/mol.